The number of amides is 1. The second-order valence-corrected chi connectivity index (χ2v) is 4.71. The zero-order valence-electron chi connectivity index (χ0n) is 13.1. The summed E-state index contributed by atoms with van der Waals surface area (Å²) >= 11 is 5.89. The molecule has 0 aliphatic rings. The molecule has 7 nitrogen and oxygen atoms in total. The molecule has 0 radical (unpaired) electrons. The van der Waals surface area contributed by atoms with Crippen molar-refractivity contribution >= 4 is 23.2 Å². The summed E-state index contributed by atoms with van der Waals surface area (Å²) in [5, 5.41) is 14.9. The molecule has 2 N–H and O–H groups in total. The van der Waals surface area contributed by atoms with Crippen molar-refractivity contribution < 1.29 is 19.0 Å². The summed E-state index contributed by atoms with van der Waals surface area (Å²) in [6, 6.07) is 6.60. The Kier molecular flexibility index (Phi) is 7.91. The Balaban J connectivity index is 2.78. The lowest BCUT2D eigenvalue weighted by molar-refractivity contribution is -0.112. The summed E-state index contributed by atoms with van der Waals surface area (Å²) in [7, 11) is 4.45. The molecule has 0 bridgehead atoms. The highest BCUT2D eigenvalue weighted by Gasteiger charge is 2.13. The van der Waals surface area contributed by atoms with Gasteiger partial charge in [0.1, 0.15) is 17.4 Å². The van der Waals surface area contributed by atoms with E-state index < -0.39 is 12.2 Å². The van der Waals surface area contributed by atoms with E-state index in [-0.39, 0.29) is 12.1 Å². The first-order valence-corrected chi connectivity index (χ1v) is 6.97. The Labute approximate surface area is 139 Å². The topological polar surface area (TPSA) is 92.6 Å². The molecule has 1 rings (SSSR count). The number of hydrogen-bond donors (Lipinski definition) is 2. The van der Waals surface area contributed by atoms with E-state index in [1.807, 2.05) is 6.07 Å². The third kappa shape index (κ3) is 5.79. The number of nitriles is 1. The minimum Gasteiger partial charge on any atom is -0.495 e. The first-order chi connectivity index (χ1) is 11.0. The number of anilines is 1. The molecule has 0 atom stereocenters. The zero-order valence-corrected chi connectivity index (χ0v) is 13.8. The molecule has 8 heteroatoms. The number of carbonyl (C=O) groups excluding carboxylic acids is 1. The van der Waals surface area contributed by atoms with Crippen LogP contribution in [0.5, 0.6) is 5.75 Å². The molecule has 1 aromatic rings. The van der Waals surface area contributed by atoms with Crippen LogP contribution in [0.25, 0.3) is 0 Å². The van der Waals surface area contributed by atoms with E-state index in [9.17, 15) is 4.79 Å². The normalized spacial score (nSPS) is 11.0. The van der Waals surface area contributed by atoms with E-state index in [2.05, 4.69) is 10.6 Å². The molecule has 0 unspecified atom stereocenters. The molecule has 1 amide bonds. The molecule has 124 valence electrons. The smallest absolute Gasteiger partial charge is 0.267 e. The summed E-state index contributed by atoms with van der Waals surface area (Å²) in [4.78, 5) is 12.1. The highest BCUT2D eigenvalue weighted by Crippen LogP contribution is 2.27. The van der Waals surface area contributed by atoms with Crippen molar-refractivity contribution in [2.45, 2.75) is 6.29 Å². The Morgan fingerprint density at radius 2 is 2.09 bits per heavy atom. The van der Waals surface area contributed by atoms with Crippen molar-refractivity contribution in [2.24, 2.45) is 0 Å². The van der Waals surface area contributed by atoms with E-state index in [0.717, 1.165) is 0 Å². The lowest BCUT2D eigenvalue weighted by Crippen LogP contribution is -2.27. The quantitative estimate of drug-likeness (QED) is 0.427. The van der Waals surface area contributed by atoms with E-state index in [1.165, 1.54) is 33.6 Å². The first-order valence-electron chi connectivity index (χ1n) is 6.59. The minimum absolute atomic E-state index is 0.113. The summed E-state index contributed by atoms with van der Waals surface area (Å²) in [6.07, 6.45) is 0.805. The Hall–Kier alpha value is -2.27. The van der Waals surface area contributed by atoms with Gasteiger partial charge in [-0.1, -0.05) is 11.6 Å². The average molecular weight is 340 g/mol. The largest absolute Gasteiger partial charge is 0.495 e. The SMILES string of the molecule is COc1ccc(Cl)cc1NC(=O)/C(C#N)=C\NCC(OC)OC. The van der Waals surface area contributed by atoms with Crippen LogP contribution in [0.3, 0.4) is 0 Å². The van der Waals surface area contributed by atoms with Crippen LogP contribution in [0, 0.1) is 11.3 Å². The van der Waals surface area contributed by atoms with Gasteiger partial charge in [-0.25, -0.2) is 0 Å². The monoisotopic (exact) mass is 339 g/mol. The van der Waals surface area contributed by atoms with Gasteiger partial charge in [0.05, 0.1) is 19.3 Å². The number of nitrogens with zero attached hydrogens (tertiary/aromatic N) is 1. The predicted molar refractivity (Wildman–Crippen MR) is 86.1 cm³/mol. The summed E-state index contributed by atoms with van der Waals surface area (Å²) in [5.41, 5.74) is 0.260. The van der Waals surface area contributed by atoms with Gasteiger partial charge in [-0.15, -0.1) is 0 Å². The van der Waals surface area contributed by atoms with Crippen LogP contribution < -0.4 is 15.4 Å². The number of ether oxygens (including phenoxy) is 3. The highest BCUT2D eigenvalue weighted by molar-refractivity contribution is 6.31. The molecule has 0 aliphatic carbocycles. The fourth-order valence-corrected chi connectivity index (χ4v) is 1.81. The number of methoxy groups -OCH3 is 3. The molecule has 0 heterocycles. The van der Waals surface area contributed by atoms with Crippen LogP contribution in [-0.4, -0.2) is 40.1 Å². The zero-order chi connectivity index (χ0) is 17.2. The van der Waals surface area contributed by atoms with Crippen LogP contribution in [0.2, 0.25) is 5.02 Å². The molecule has 0 saturated heterocycles. The molecule has 0 saturated carbocycles. The van der Waals surface area contributed by atoms with Crippen molar-refractivity contribution in [3.05, 3.63) is 35.0 Å². The summed E-state index contributed by atoms with van der Waals surface area (Å²) in [6.45, 7) is 0.284. The summed E-state index contributed by atoms with van der Waals surface area (Å²) < 4.78 is 15.1. The van der Waals surface area contributed by atoms with Gasteiger partial charge in [0.2, 0.25) is 0 Å². The van der Waals surface area contributed by atoms with Crippen molar-refractivity contribution in [2.75, 3.05) is 33.2 Å². The maximum Gasteiger partial charge on any atom is 0.267 e. The van der Waals surface area contributed by atoms with Gasteiger partial charge in [0.15, 0.2) is 6.29 Å². The van der Waals surface area contributed by atoms with Gasteiger partial charge in [-0.05, 0) is 18.2 Å². The third-order valence-corrected chi connectivity index (χ3v) is 3.07. The number of benzene rings is 1. The number of nitrogens with one attached hydrogen (secondary N) is 2. The molecule has 0 spiro atoms. The number of halogens is 1. The van der Waals surface area contributed by atoms with Crippen molar-refractivity contribution in [3.8, 4) is 11.8 Å². The Bertz CT molecular complexity index is 609. The van der Waals surface area contributed by atoms with Gasteiger partial charge in [-0.3, -0.25) is 4.79 Å². The van der Waals surface area contributed by atoms with Crippen LogP contribution in [-0.2, 0) is 14.3 Å². The van der Waals surface area contributed by atoms with E-state index >= 15 is 0 Å². The number of carbonyl (C=O) groups is 1. The van der Waals surface area contributed by atoms with Crippen LogP contribution in [0.4, 0.5) is 5.69 Å². The molecular formula is C15H18ClN3O4. The second-order valence-electron chi connectivity index (χ2n) is 4.28. The molecule has 1 aromatic carbocycles. The van der Waals surface area contributed by atoms with Crippen LogP contribution in [0.15, 0.2) is 30.0 Å². The van der Waals surface area contributed by atoms with E-state index in [4.69, 9.17) is 31.1 Å². The molecular weight excluding hydrogens is 322 g/mol. The molecule has 0 aliphatic heterocycles. The van der Waals surface area contributed by atoms with Gasteiger partial charge in [0.25, 0.3) is 5.91 Å². The fourth-order valence-electron chi connectivity index (χ4n) is 1.64. The second kappa shape index (κ2) is 9.69. The molecule has 0 aromatic heterocycles. The maximum absolute atomic E-state index is 12.1. The minimum atomic E-state index is -0.591. The standard InChI is InChI=1S/C15H18ClN3O4/c1-21-13-5-4-11(16)6-12(13)19-15(20)10(7-17)8-18-9-14(22-2)23-3/h4-6,8,14,18H,9H2,1-3H3,(H,19,20)/b10-8-. The van der Waals surface area contributed by atoms with Crippen LogP contribution in [0.1, 0.15) is 0 Å². The number of hydrogen-bond acceptors (Lipinski definition) is 6. The van der Waals surface area contributed by atoms with Gasteiger partial charge < -0.3 is 24.8 Å². The van der Waals surface area contributed by atoms with Gasteiger partial charge >= 0.3 is 0 Å². The highest BCUT2D eigenvalue weighted by atomic mass is 35.5. The fraction of sp³-hybridized carbons (Fsp3) is 0.333. The molecule has 23 heavy (non-hydrogen) atoms. The summed E-state index contributed by atoms with van der Waals surface area (Å²) in [5.74, 6) is -0.154. The van der Waals surface area contributed by atoms with Crippen molar-refractivity contribution in [3.63, 3.8) is 0 Å². The van der Waals surface area contributed by atoms with Gasteiger partial charge in [-0.2, -0.15) is 5.26 Å². The first kappa shape index (κ1) is 18.8. The lowest BCUT2D eigenvalue weighted by Gasteiger charge is -2.13. The Morgan fingerprint density at radius 3 is 2.65 bits per heavy atom. The predicted octanol–water partition coefficient (Wildman–Crippen LogP) is 1.90. The Morgan fingerprint density at radius 1 is 1.39 bits per heavy atom. The van der Waals surface area contributed by atoms with Crippen LogP contribution >= 0.6 is 11.6 Å². The third-order valence-electron chi connectivity index (χ3n) is 2.83. The maximum atomic E-state index is 12.1. The van der Waals surface area contributed by atoms with E-state index in [0.29, 0.717) is 16.5 Å². The average Bonchev–Trinajstić information content (AvgIpc) is 2.55. The van der Waals surface area contributed by atoms with Gasteiger partial charge in [0, 0.05) is 25.4 Å². The number of rotatable bonds is 8. The van der Waals surface area contributed by atoms with Crippen molar-refractivity contribution in [1.29, 1.82) is 5.26 Å². The lowest BCUT2D eigenvalue weighted by atomic mass is 10.2. The molecule has 0 fully saturated rings. The van der Waals surface area contributed by atoms with Crippen molar-refractivity contribution in [1.82, 2.24) is 5.32 Å². The van der Waals surface area contributed by atoms with E-state index in [1.54, 1.807) is 12.1 Å².